The number of aliphatic carboxylic acids is 1. The third-order valence-electron chi connectivity index (χ3n) is 8.05. The lowest BCUT2D eigenvalue weighted by molar-refractivity contribution is -0.181. The number of rotatable bonds is 4. The van der Waals surface area contributed by atoms with Crippen molar-refractivity contribution in [3.05, 3.63) is 53.1 Å². The fourth-order valence-electron chi connectivity index (χ4n) is 6.21. The van der Waals surface area contributed by atoms with Crippen LogP contribution in [-0.2, 0) is 9.53 Å². The summed E-state index contributed by atoms with van der Waals surface area (Å²) in [5.41, 5.74) is 1.40. The Balaban J connectivity index is 1.42. The first-order valence-corrected chi connectivity index (χ1v) is 12.4. The Bertz CT molecular complexity index is 1150. The van der Waals surface area contributed by atoms with Gasteiger partial charge in [-0.25, -0.2) is 9.97 Å². The number of benzene rings is 1. The van der Waals surface area contributed by atoms with Gasteiger partial charge in [0.1, 0.15) is 17.2 Å². The van der Waals surface area contributed by atoms with Gasteiger partial charge < -0.3 is 19.5 Å². The normalized spacial score (nSPS) is 29.7. The van der Waals surface area contributed by atoms with Gasteiger partial charge in [-0.2, -0.15) is 0 Å². The lowest BCUT2D eigenvalue weighted by Gasteiger charge is -2.55. The number of fused-ring (bicyclic) bond motifs is 3. The van der Waals surface area contributed by atoms with Crippen molar-refractivity contribution in [2.75, 3.05) is 19.7 Å². The predicted molar refractivity (Wildman–Crippen MR) is 128 cm³/mol. The Morgan fingerprint density at radius 1 is 1.26 bits per heavy atom. The fourth-order valence-corrected chi connectivity index (χ4v) is 6.21. The van der Waals surface area contributed by atoms with Gasteiger partial charge in [0.25, 0.3) is 5.91 Å². The number of aromatic nitrogens is 2. The molecule has 4 atom stereocenters. The van der Waals surface area contributed by atoms with Crippen LogP contribution >= 0.6 is 0 Å². The van der Waals surface area contributed by atoms with Crippen molar-refractivity contribution in [2.24, 2.45) is 11.3 Å². The van der Waals surface area contributed by atoms with Crippen LogP contribution in [0.1, 0.15) is 72.6 Å². The second kappa shape index (κ2) is 8.90. The molecule has 1 N–H and O–H groups in total. The zero-order chi connectivity index (χ0) is 24.8. The first-order chi connectivity index (χ1) is 16.7. The molecular weight excluding hydrogens is 446 g/mol. The molecule has 0 radical (unpaired) electrons. The first kappa shape index (κ1) is 23.7. The molecular formula is C27H33N3O5. The summed E-state index contributed by atoms with van der Waals surface area (Å²) >= 11 is 0. The van der Waals surface area contributed by atoms with E-state index in [1.54, 1.807) is 6.20 Å². The number of ether oxygens (including phenoxy) is 2. The van der Waals surface area contributed by atoms with Crippen LogP contribution in [0.15, 0.2) is 30.5 Å². The smallest absolute Gasteiger partial charge is 0.303 e. The predicted octanol–water partition coefficient (Wildman–Crippen LogP) is 4.11. The number of aryl methyl sites for hydroxylation is 2. The van der Waals surface area contributed by atoms with E-state index in [1.807, 2.05) is 49.9 Å². The number of likely N-dealkylation sites (tertiary alicyclic amines) is 1. The molecule has 2 fully saturated rings. The van der Waals surface area contributed by atoms with Crippen LogP contribution in [0, 0.1) is 25.2 Å². The number of hydrogen-bond acceptors (Lipinski definition) is 6. The minimum absolute atomic E-state index is 0.00926. The molecule has 4 heterocycles. The highest BCUT2D eigenvalue weighted by molar-refractivity contribution is 5.95. The molecule has 2 aromatic rings. The quantitative estimate of drug-likeness (QED) is 0.704. The number of carbonyl (C=O) groups excluding carboxylic acids is 1. The van der Waals surface area contributed by atoms with E-state index in [2.05, 4.69) is 9.97 Å². The summed E-state index contributed by atoms with van der Waals surface area (Å²) in [5, 5.41) is 9.39. The Hall–Kier alpha value is -3.00. The summed E-state index contributed by atoms with van der Waals surface area (Å²) in [6.07, 6.45) is 4.58. The van der Waals surface area contributed by atoms with Gasteiger partial charge in [0.2, 0.25) is 0 Å². The molecule has 1 aromatic carbocycles. The van der Waals surface area contributed by atoms with E-state index in [0.29, 0.717) is 43.2 Å². The van der Waals surface area contributed by atoms with Gasteiger partial charge in [-0.3, -0.25) is 9.59 Å². The van der Waals surface area contributed by atoms with Gasteiger partial charge in [-0.15, -0.1) is 0 Å². The summed E-state index contributed by atoms with van der Waals surface area (Å²) in [7, 11) is 0. The molecule has 8 heteroatoms. The molecule has 5 rings (SSSR count). The summed E-state index contributed by atoms with van der Waals surface area (Å²) in [4.78, 5) is 35.4. The number of amides is 1. The number of carboxylic acid groups (broad SMARTS) is 1. The summed E-state index contributed by atoms with van der Waals surface area (Å²) < 4.78 is 13.1. The van der Waals surface area contributed by atoms with Crippen LogP contribution < -0.4 is 4.74 Å². The van der Waals surface area contributed by atoms with Crippen LogP contribution in [0.2, 0.25) is 0 Å². The second-order valence-corrected chi connectivity index (χ2v) is 10.6. The van der Waals surface area contributed by atoms with Crippen molar-refractivity contribution in [3.8, 4) is 5.75 Å². The highest BCUT2D eigenvalue weighted by Gasteiger charge is 2.55. The number of carbonyl (C=O) groups is 2. The van der Waals surface area contributed by atoms with Crippen LogP contribution in [0.25, 0.3) is 0 Å². The largest absolute Gasteiger partial charge is 0.487 e. The molecule has 3 aliphatic heterocycles. The van der Waals surface area contributed by atoms with Gasteiger partial charge in [0.15, 0.2) is 0 Å². The Morgan fingerprint density at radius 3 is 2.83 bits per heavy atom. The second-order valence-electron chi connectivity index (χ2n) is 10.6. The highest BCUT2D eigenvalue weighted by Crippen LogP contribution is 2.56. The number of para-hydroxylation sites is 1. The Kier molecular flexibility index (Phi) is 6.03. The third kappa shape index (κ3) is 4.40. The molecule has 0 bridgehead atoms. The molecule has 0 saturated carbocycles. The average molecular weight is 480 g/mol. The minimum atomic E-state index is -0.832. The molecule has 186 valence electrons. The van der Waals surface area contributed by atoms with Crippen molar-refractivity contribution < 1.29 is 24.2 Å². The van der Waals surface area contributed by atoms with Crippen molar-refractivity contribution in [1.82, 2.24) is 14.9 Å². The van der Waals surface area contributed by atoms with Gasteiger partial charge >= 0.3 is 5.97 Å². The third-order valence-corrected chi connectivity index (χ3v) is 8.05. The minimum Gasteiger partial charge on any atom is -0.487 e. The van der Waals surface area contributed by atoms with Crippen molar-refractivity contribution in [2.45, 2.75) is 64.6 Å². The summed E-state index contributed by atoms with van der Waals surface area (Å²) in [6, 6.07) is 7.90. The standard InChI is InChI=1S/C27H33N3O5/c1-17-20(14-28-18(2)29-17)25(33)30-12-6-10-27(15-30)13-21-24(34-16-27)19-7-4-5-8-22(19)35-26(21,3)11-9-23(31)32/h4-5,7-8,14,21,24H,6,9-13,15-16H2,1-3H3,(H,31,32)/t21-,24+,26-,27-/m1/s1. The van der Waals surface area contributed by atoms with Gasteiger partial charge in [-0.05, 0) is 52.5 Å². The zero-order valence-electron chi connectivity index (χ0n) is 20.6. The molecule has 35 heavy (non-hydrogen) atoms. The van der Waals surface area contributed by atoms with E-state index in [9.17, 15) is 14.7 Å². The van der Waals surface area contributed by atoms with Crippen LogP contribution in [-0.4, -0.2) is 57.1 Å². The maximum Gasteiger partial charge on any atom is 0.303 e. The molecule has 0 unspecified atom stereocenters. The van der Waals surface area contributed by atoms with E-state index in [4.69, 9.17) is 9.47 Å². The maximum absolute atomic E-state index is 13.4. The zero-order valence-corrected chi connectivity index (χ0v) is 20.6. The number of carboxylic acids is 1. The van der Waals surface area contributed by atoms with Gasteiger partial charge in [-0.1, -0.05) is 18.2 Å². The highest BCUT2D eigenvalue weighted by atomic mass is 16.5. The maximum atomic E-state index is 13.4. The molecule has 0 aliphatic carbocycles. The number of nitrogens with zero attached hydrogens (tertiary/aromatic N) is 3. The van der Waals surface area contributed by atoms with Crippen molar-refractivity contribution in [3.63, 3.8) is 0 Å². The van der Waals surface area contributed by atoms with Crippen LogP contribution in [0.3, 0.4) is 0 Å². The molecule has 2 saturated heterocycles. The van der Waals surface area contributed by atoms with E-state index in [0.717, 1.165) is 30.6 Å². The number of hydrogen-bond donors (Lipinski definition) is 1. The van der Waals surface area contributed by atoms with Crippen LogP contribution in [0.4, 0.5) is 0 Å². The first-order valence-electron chi connectivity index (χ1n) is 12.4. The lowest BCUT2D eigenvalue weighted by atomic mass is 9.64. The van der Waals surface area contributed by atoms with E-state index < -0.39 is 11.6 Å². The SMILES string of the molecule is Cc1ncc(C(=O)N2CCC[C@]3(CO[C@H]4c5ccccc5O[C@](C)(CCC(=O)O)[C@@H]4C3)C2)c(C)n1. The van der Waals surface area contributed by atoms with E-state index in [-0.39, 0.29) is 29.8 Å². The Labute approximate surface area is 205 Å². The lowest BCUT2D eigenvalue weighted by Crippen LogP contribution is -2.57. The van der Waals surface area contributed by atoms with E-state index in [1.165, 1.54) is 0 Å². The van der Waals surface area contributed by atoms with Crippen LogP contribution in [0.5, 0.6) is 5.75 Å². The number of piperidine rings is 1. The van der Waals surface area contributed by atoms with Crippen molar-refractivity contribution in [1.29, 1.82) is 0 Å². The molecule has 1 aromatic heterocycles. The summed E-state index contributed by atoms with van der Waals surface area (Å²) in [6.45, 7) is 7.53. The monoisotopic (exact) mass is 479 g/mol. The topological polar surface area (TPSA) is 102 Å². The van der Waals surface area contributed by atoms with Gasteiger partial charge in [0, 0.05) is 42.6 Å². The molecule has 1 amide bonds. The fraction of sp³-hybridized carbons (Fsp3) is 0.556. The molecule has 8 nitrogen and oxygen atoms in total. The molecule has 3 aliphatic rings. The molecule has 1 spiro atoms. The van der Waals surface area contributed by atoms with E-state index >= 15 is 0 Å². The van der Waals surface area contributed by atoms with Gasteiger partial charge in [0.05, 0.1) is 24.0 Å². The summed E-state index contributed by atoms with van der Waals surface area (Å²) in [5.74, 6) is 0.543. The average Bonchev–Trinajstić information content (AvgIpc) is 2.83. The Morgan fingerprint density at radius 2 is 2.06 bits per heavy atom. The van der Waals surface area contributed by atoms with Crippen molar-refractivity contribution >= 4 is 11.9 Å².